The van der Waals surface area contributed by atoms with Crippen molar-refractivity contribution in [3.8, 4) is 0 Å². The van der Waals surface area contributed by atoms with Gasteiger partial charge < -0.3 is 0 Å². The topological polar surface area (TPSA) is 103 Å². The van der Waals surface area contributed by atoms with Crippen LogP contribution in [-0.2, 0) is 24.1 Å². The third-order valence-corrected chi connectivity index (χ3v) is 5.96. The van der Waals surface area contributed by atoms with Crippen molar-refractivity contribution in [2.24, 2.45) is 14.1 Å². The summed E-state index contributed by atoms with van der Waals surface area (Å²) in [4.78, 5) is 28.6. The Morgan fingerprint density at radius 3 is 2.50 bits per heavy atom. The minimum Gasteiger partial charge on any atom is -0.295 e. The van der Waals surface area contributed by atoms with E-state index >= 15 is 0 Å². The number of carbonyl (C=O) groups is 1. The molecule has 9 heteroatoms. The fraction of sp³-hybridized carbons (Fsp3) is 0.105. The second kappa shape index (κ2) is 6.31. The molecule has 1 N–H and O–H groups in total. The zero-order valence-electron chi connectivity index (χ0n) is 15.1. The molecule has 0 spiro atoms. The molecule has 0 unspecified atom stereocenters. The Morgan fingerprint density at radius 2 is 1.71 bits per heavy atom. The van der Waals surface area contributed by atoms with Crippen molar-refractivity contribution in [2.45, 2.75) is 4.90 Å². The van der Waals surface area contributed by atoms with E-state index in [0.717, 1.165) is 5.39 Å². The van der Waals surface area contributed by atoms with E-state index in [1.165, 1.54) is 33.5 Å². The Morgan fingerprint density at radius 1 is 1.00 bits per heavy atom. The lowest BCUT2D eigenvalue weighted by Gasteiger charge is -2.08. The zero-order valence-corrected chi connectivity index (χ0v) is 15.9. The summed E-state index contributed by atoms with van der Waals surface area (Å²) in [6.07, 6.45) is 1.33. The maximum absolute atomic E-state index is 12.7. The number of sulfonamides is 1. The number of fused-ring (bicyclic) bond motifs is 2. The van der Waals surface area contributed by atoms with Crippen LogP contribution < -0.4 is 10.4 Å². The SMILES string of the molecule is Cn1c(=O)n(C)c2cc(S(=O)(=O)NC(=O)c3cnc4ccccc4c3)ccc21. The van der Waals surface area contributed by atoms with E-state index in [0.29, 0.717) is 16.6 Å². The molecular formula is C19H16N4O4S. The smallest absolute Gasteiger partial charge is 0.295 e. The fourth-order valence-electron chi connectivity index (χ4n) is 3.09. The summed E-state index contributed by atoms with van der Waals surface area (Å²) in [6, 6.07) is 13.1. The Hall–Kier alpha value is -3.46. The van der Waals surface area contributed by atoms with Crippen molar-refractivity contribution in [1.82, 2.24) is 18.8 Å². The first-order valence-corrected chi connectivity index (χ1v) is 9.84. The van der Waals surface area contributed by atoms with Crippen LogP contribution >= 0.6 is 0 Å². The molecule has 0 atom stereocenters. The van der Waals surface area contributed by atoms with Crippen LogP contribution in [0.3, 0.4) is 0 Å². The Kier molecular flexibility index (Phi) is 4.04. The van der Waals surface area contributed by atoms with E-state index in [1.54, 1.807) is 32.3 Å². The second-order valence-electron chi connectivity index (χ2n) is 6.40. The zero-order chi connectivity index (χ0) is 20.1. The summed E-state index contributed by atoms with van der Waals surface area (Å²) in [6.45, 7) is 0. The highest BCUT2D eigenvalue weighted by molar-refractivity contribution is 7.90. The van der Waals surface area contributed by atoms with Gasteiger partial charge in [0.25, 0.3) is 15.9 Å². The number of benzene rings is 2. The van der Waals surface area contributed by atoms with Crippen molar-refractivity contribution in [3.63, 3.8) is 0 Å². The number of amides is 1. The van der Waals surface area contributed by atoms with Crippen LogP contribution in [-0.4, -0.2) is 28.4 Å². The average molecular weight is 396 g/mol. The molecule has 0 aliphatic heterocycles. The number of aryl methyl sites for hydroxylation is 2. The molecule has 0 bridgehead atoms. The first-order chi connectivity index (χ1) is 13.3. The van der Waals surface area contributed by atoms with Gasteiger partial charge >= 0.3 is 5.69 Å². The molecule has 1 amide bonds. The lowest BCUT2D eigenvalue weighted by Crippen LogP contribution is -2.30. The molecule has 142 valence electrons. The van der Waals surface area contributed by atoms with Crippen LogP contribution in [0, 0.1) is 0 Å². The van der Waals surface area contributed by atoms with Gasteiger partial charge in [-0.05, 0) is 30.3 Å². The number of nitrogens with zero attached hydrogens (tertiary/aromatic N) is 3. The minimum atomic E-state index is -4.12. The largest absolute Gasteiger partial charge is 0.328 e. The number of imidazole rings is 1. The van der Waals surface area contributed by atoms with E-state index in [1.807, 2.05) is 12.1 Å². The predicted molar refractivity (Wildman–Crippen MR) is 105 cm³/mol. The van der Waals surface area contributed by atoms with E-state index in [4.69, 9.17) is 0 Å². The van der Waals surface area contributed by atoms with Crippen LogP contribution in [0.4, 0.5) is 0 Å². The first-order valence-electron chi connectivity index (χ1n) is 8.35. The number of nitrogens with one attached hydrogen (secondary N) is 1. The number of pyridine rings is 1. The monoisotopic (exact) mass is 396 g/mol. The van der Waals surface area contributed by atoms with E-state index in [-0.39, 0.29) is 16.1 Å². The lowest BCUT2D eigenvalue weighted by atomic mass is 10.1. The molecule has 4 rings (SSSR count). The molecule has 0 aliphatic rings. The molecule has 0 fully saturated rings. The highest BCUT2D eigenvalue weighted by atomic mass is 32.2. The summed E-state index contributed by atoms with van der Waals surface area (Å²) in [5.74, 6) is -0.777. The van der Waals surface area contributed by atoms with E-state index < -0.39 is 15.9 Å². The van der Waals surface area contributed by atoms with Crippen LogP contribution in [0.1, 0.15) is 10.4 Å². The first kappa shape index (κ1) is 17.9. The van der Waals surface area contributed by atoms with E-state index in [2.05, 4.69) is 9.71 Å². The fourth-order valence-corrected chi connectivity index (χ4v) is 4.08. The maximum Gasteiger partial charge on any atom is 0.328 e. The second-order valence-corrected chi connectivity index (χ2v) is 8.08. The van der Waals surface area contributed by atoms with Crippen molar-refractivity contribution >= 4 is 37.9 Å². The molecular weight excluding hydrogens is 380 g/mol. The molecule has 0 radical (unpaired) electrons. The van der Waals surface area contributed by atoms with Crippen molar-refractivity contribution in [2.75, 3.05) is 0 Å². The summed E-state index contributed by atoms with van der Waals surface area (Å²) < 4.78 is 30.2. The average Bonchev–Trinajstić information content (AvgIpc) is 2.91. The van der Waals surface area contributed by atoms with Gasteiger partial charge in [0.2, 0.25) is 0 Å². The number of hydrogen-bond donors (Lipinski definition) is 1. The maximum atomic E-state index is 12.7. The number of para-hydroxylation sites is 1. The van der Waals surface area contributed by atoms with Crippen LogP contribution in [0.15, 0.2) is 64.4 Å². The highest BCUT2D eigenvalue weighted by Gasteiger charge is 2.21. The molecule has 0 aliphatic carbocycles. The molecule has 28 heavy (non-hydrogen) atoms. The Bertz CT molecular complexity index is 1420. The summed E-state index contributed by atoms with van der Waals surface area (Å²) in [5, 5.41) is 0.730. The van der Waals surface area contributed by atoms with Crippen LogP contribution in [0.2, 0.25) is 0 Å². The van der Waals surface area contributed by atoms with Crippen molar-refractivity contribution in [1.29, 1.82) is 0 Å². The molecule has 0 saturated carbocycles. The molecule has 0 saturated heterocycles. The summed E-state index contributed by atoms with van der Waals surface area (Å²) in [7, 11) is -0.964. The van der Waals surface area contributed by atoms with Gasteiger partial charge in [0, 0.05) is 25.7 Å². The van der Waals surface area contributed by atoms with Gasteiger partial charge in [0.1, 0.15) is 0 Å². The lowest BCUT2D eigenvalue weighted by molar-refractivity contribution is 0.0981. The number of rotatable bonds is 3. The molecule has 2 heterocycles. The Labute approximate surface area is 160 Å². The highest BCUT2D eigenvalue weighted by Crippen LogP contribution is 2.18. The third kappa shape index (κ3) is 2.85. The molecule has 2 aromatic carbocycles. The van der Waals surface area contributed by atoms with Crippen molar-refractivity contribution in [3.05, 3.63) is 70.8 Å². The van der Waals surface area contributed by atoms with E-state index in [9.17, 15) is 18.0 Å². The predicted octanol–water partition coefficient (Wildman–Crippen LogP) is 1.54. The van der Waals surface area contributed by atoms with Gasteiger partial charge in [-0.2, -0.15) is 0 Å². The number of hydrogen-bond acceptors (Lipinski definition) is 5. The normalized spacial score (nSPS) is 11.8. The quantitative estimate of drug-likeness (QED) is 0.566. The molecule has 2 aromatic heterocycles. The van der Waals surface area contributed by atoms with Crippen LogP contribution in [0.5, 0.6) is 0 Å². The number of carbonyl (C=O) groups excluding carboxylic acids is 1. The summed E-state index contributed by atoms with van der Waals surface area (Å²) >= 11 is 0. The van der Waals surface area contributed by atoms with Gasteiger partial charge in [0.05, 0.1) is 27.0 Å². The van der Waals surface area contributed by atoms with Gasteiger partial charge in [-0.1, -0.05) is 18.2 Å². The van der Waals surface area contributed by atoms with Gasteiger partial charge in [-0.25, -0.2) is 17.9 Å². The Balaban J connectivity index is 1.70. The molecule has 4 aromatic rings. The summed E-state index contributed by atoms with van der Waals surface area (Å²) in [5.41, 5.74) is 1.62. The van der Waals surface area contributed by atoms with Crippen LogP contribution in [0.25, 0.3) is 21.9 Å². The van der Waals surface area contributed by atoms with Gasteiger partial charge in [-0.3, -0.25) is 18.9 Å². The van der Waals surface area contributed by atoms with Gasteiger partial charge in [-0.15, -0.1) is 0 Å². The van der Waals surface area contributed by atoms with Gasteiger partial charge in [0.15, 0.2) is 0 Å². The number of aromatic nitrogens is 3. The third-order valence-electron chi connectivity index (χ3n) is 4.63. The standard InChI is InChI=1S/C19H16N4O4S/c1-22-16-8-7-14(10-17(16)23(2)19(22)25)28(26,27)21-18(24)13-9-12-5-3-4-6-15(12)20-11-13/h3-11H,1-2H3,(H,21,24). The molecule has 8 nitrogen and oxygen atoms in total. The van der Waals surface area contributed by atoms with Crippen molar-refractivity contribution < 1.29 is 13.2 Å². The minimum absolute atomic E-state index is 0.108.